The summed E-state index contributed by atoms with van der Waals surface area (Å²) in [6.07, 6.45) is 2.16. The molecule has 1 heterocycles. The first kappa shape index (κ1) is 13.3. The molecule has 94 valence electrons. The first-order chi connectivity index (χ1) is 8.56. The predicted molar refractivity (Wildman–Crippen MR) is 75.0 cm³/mol. The molecule has 0 aliphatic heterocycles. The van der Waals surface area contributed by atoms with E-state index in [9.17, 15) is 4.79 Å². The maximum atomic E-state index is 10.5. The van der Waals surface area contributed by atoms with Crippen LogP contribution in [0.1, 0.15) is 12.1 Å². The number of nitrogens with zero attached hydrogens (tertiary/aromatic N) is 3. The molecule has 0 amide bonds. The lowest BCUT2D eigenvalue weighted by Gasteiger charge is -2.03. The standard InChI is InChI=1S/C11H9ClIN3O2/c12-7-1-3-10(9(13)5-7)16-6-8(14-15-16)2-4-11(17)18/h1,3,5-6H,2,4H2,(H,17,18). The highest BCUT2D eigenvalue weighted by Gasteiger charge is 2.08. The van der Waals surface area contributed by atoms with Crippen LogP contribution >= 0.6 is 34.2 Å². The van der Waals surface area contributed by atoms with Crippen LogP contribution in [0.4, 0.5) is 0 Å². The van der Waals surface area contributed by atoms with Crippen molar-refractivity contribution in [3.05, 3.63) is 38.7 Å². The molecule has 7 heteroatoms. The van der Waals surface area contributed by atoms with Crippen molar-refractivity contribution in [2.75, 3.05) is 0 Å². The number of hydrogen-bond acceptors (Lipinski definition) is 3. The Bertz CT molecular complexity index is 585. The number of aryl methyl sites for hydroxylation is 1. The second-order valence-corrected chi connectivity index (χ2v) is 5.24. The first-order valence-corrected chi connectivity index (χ1v) is 6.60. The molecule has 0 aliphatic rings. The molecule has 0 aliphatic carbocycles. The number of halogens is 2. The molecule has 2 rings (SSSR count). The zero-order valence-corrected chi connectivity index (χ0v) is 12.1. The lowest BCUT2D eigenvalue weighted by Crippen LogP contribution is -1.98. The van der Waals surface area contributed by atoms with E-state index in [1.807, 2.05) is 12.1 Å². The largest absolute Gasteiger partial charge is 0.481 e. The van der Waals surface area contributed by atoms with Crippen LogP contribution in [0.15, 0.2) is 24.4 Å². The summed E-state index contributed by atoms with van der Waals surface area (Å²) in [6.45, 7) is 0. The molecule has 1 aromatic carbocycles. The normalized spacial score (nSPS) is 10.6. The van der Waals surface area contributed by atoms with Crippen LogP contribution in [0, 0.1) is 3.57 Å². The molecule has 0 saturated carbocycles. The van der Waals surface area contributed by atoms with E-state index < -0.39 is 5.97 Å². The quantitative estimate of drug-likeness (QED) is 0.832. The van der Waals surface area contributed by atoms with Gasteiger partial charge in [0.1, 0.15) is 0 Å². The molecule has 0 atom stereocenters. The Morgan fingerprint density at radius 2 is 2.28 bits per heavy atom. The maximum Gasteiger partial charge on any atom is 0.303 e. The van der Waals surface area contributed by atoms with Crippen molar-refractivity contribution >= 4 is 40.2 Å². The highest BCUT2D eigenvalue weighted by Crippen LogP contribution is 2.20. The summed E-state index contributed by atoms with van der Waals surface area (Å²) in [5.74, 6) is -0.842. The number of carboxylic acids is 1. The van der Waals surface area contributed by atoms with E-state index in [0.717, 1.165) is 9.26 Å². The Morgan fingerprint density at radius 1 is 1.50 bits per heavy atom. The van der Waals surface area contributed by atoms with Gasteiger partial charge in [-0.25, -0.2) is 4.68 Å². The molecular weight excluding hydrogens is 368 g/mol. The molecule has 1 N–H and O–H groups in total. The fourth-order valence-electron chi connectivity index (χ4n) is 1.43. The predicted octanol–water partition coefficient (Wildman–Crippen LogP) is 2.54. The van der Waals surface area contributed by atoms with E-state index in [2.05, 4.69) is 32.9 Å². The molecule has 18 heavy (non-hydrogen) atoms. The molecular formula is C11H9ClIN3O2. The smallest absolute Gasteiger partial charge is 0.303 e. The monoisotopic (exact) mass is 377 g/mol. The molecule has 0 spiro atoms. The lowest BCUT2D eigenvalue weighted by atomic mass is 10.2. The van der Waals surface area contributed by atoms with E-state index in [1.165, 1.54) is 0 Å². The van der Waals surface area contributed by atoms with Gasteiger partial charge < -0.3 is 5.11 Å². The third-order valence-electron chi connectivity index (χ3n) is 2.29. The van der Waals surface area contributed by atoms with Crippen LogP contribution in [-0.4, -0.2) is 26.1 Å². The van der Waals surface area contributed by atoms with Crippen molar-refractivity contribution in [2.24, 2.45) is 0 Å². The fourth-order valence-corrected chi connectivity index (χ4v) is 2.55. The van der Waals surface area contributed by atoms with Crippen molar-refractivity contribution < 1.29 is 9.90 Å². The number of carboxylic acid groups (broad SMARTS) is 1. The van der Waals surface area contributed by atoms with E-state index in [4.69, 9.17) is 16.7 Å². The van der Waals surface area contributed by atoms with Crippen LogP contribution in [0.3, 0.4) is 0 Å². The zero-order valence-electron chi connectivity index (χ0n) is 9.18. The molecule has 0 radical (unpaired) electrons. The van der Waals surface area contributed by atoms with E-state index in [-0.39, 0.29) is 6.42 Å². The Kier molecular flexibility index (Phi) is 4.18. The summed E-state index contributed by atoms with van der Waals surface area (Å²) in [4.78, 5) is 10.5. The molecule has 0 bridgehead atoms. The van der Waals surface area contributed by atoms with Crippen LogP contribution in [0.2, 0.25) is 5.02 Å². The number of benzene rings is 1. The highest BCUT2D eigenvalue weighted by atomic mass is 127. The molecule has 0 fully saturated rings. The number of aromatic nitrogens is 3. The molecule has 0 unspecified atom stereocenters. The van der Waals surface area contributed by atoms with Crippen LogP contribution in [0.25, 0.3) is 5.69 Å². The van der Waals surface area contributed by atoms with Gasteiger partial charge in [0.15, 0.2) is 0 Å². The highest BCUT2D eigenvalue weighted by molar-refractivity contribution is 14.1. The SMILES string of the molecule is O=C(O)CCc1cn(-c2ccc(Cl)cc2I)nn1. The van der Waals surface area contributed by atoms with Gasteiger partial charge in [0.2, 0.25) is 0 Å². The minimum absolute atomic E-state index is 0.0520. The van der Waals surface area contributed by atoms with Gasteiger partial charge in [-0.3, -0.25) is 4.79 Å². The van der Waals surface area contributed by atoms with E-state index >= 15 is 0 Å². The van der Waals surface area contributed by atoms with E-state index in [0.29, 0.717) is 17.1 Å². The Labute approximate surface area is 122 Å². The van der Waals surface area contributed by atoms with Crippen molar-refractivity contribution in [2.45, 2.75) is 12.8 Å². The van der Waals surface area contributed by atoms with Gasteiger partial charge in [-0.15, -0.1) is 5.10 Å². The second kappa shape index (κ2) is 5.66. The van der Waals surface area contributed by atoms with Crippen LogP contribution in [-0.2, 0) is 11.2 Å². The Balaban J connectivity index is 2.21. The molecule has 2 aromatic rings. The summed E-state index contributed by atoms with van der Waals surface area (Å²) in [7, 11) is 0. The van der Waals surface area contributed by atoms with Gasteiger partial charge >= 0.3 is 5.97 Å². The maximum absolute atomic E-state index is 10.5. The fraction of sp³-hybridized carbons (Fsp3) is 0.182. The number of rotatable bonds is 4. The molecule has 5 nitrogen and oxygen atoms in total. The Hall–Kier alpha value is -1.15. The summed E-state index contributed by atoms with van der Waals surface area (Å²) in [6, 6.07) is 5.45. The van der Waals surface area contributed by atoms with Crippen molar-refractivity contribution in [1.29, 1.82) is 0 Å². The van der Waals surface area contributed by atoms with Crippen molar-refractivity contribution in [1.82, 2.24) is 15.0 Å². The van der Waals surface area contributed by atoms with Gasteiger partial charge in [-0.2, -0.15) is 0 Å². The van der Waals surface area contributed by atoms with Crippen LogP contribution < -0.4 is 0 Å². The number of hydrogen-bond donors (Lipinski definition) is 1. The van der Waals surface area contributed by atoms with Gasteiger partial charge in [-0.1, -0.05) is 16.8 Å². The minimum Gasteiger partial charge on any atom is -0.481 e. The van der Waals surface area contributed by atoms with Gasteiger partial charge in [-0.05, 0) is 40.8 Å². The average molecular weight is 378 g/mol. The summed E-state index contributed by atoms with van der Waals surface area (Å²) >= 11 is 8.04. The first-order valence-electron chi connectivity index (χ1n) is 5.14. The molecule has 0 saturated heterocycles. The lowest BCUT2D eigenvalue weighted by molar-refractivity contribution is -0.136. The number of aliphatic carboxylic acids is 1. The summed E-state index contributed by atoms with van der Waals surface area (Å²) in [5.41, 5.74) is 1.53. The number of carbonyl (C=O) groups is 1. The van der Waals surface area contributed by atoms with Crippen molar-refractivity contribution in [3.63, 3.8) is 0 Å². The van der Waals surface area contributed by atoms with Gasteiger partial charge in [0.25, 0.3) is 0 Å². The zero-order chi connectivity index (χ0) is 13.1. The van der Waals surface area contributed by atoms with Gasteiger partial charge in [0.05, 0.1) is 24.0 Å². The Morgan fingerprint density at radius 3 is 2.94 bits per heavy atom. The second-order valence-electron chi connectivity index (χ2n) is 3.64. The summed E-state index contributed by atoms with van der Waals surface area (Å²) in [5, 5.41) is 17.2. The average Bonchev–Trinajstić information content (AvgIpc) is 2.75. The third kappa shape index (κ3) is 3.20. The van der Waals surface area contributed by atoms with Crippen molar-refractivity contribution in [3.8, 4) is 5.69 Å². The van der Waals surface area contributed by atoms with E-state index in [1.54, 1.807) is 16.9 Å². The topological polar surface area (TPSA) is 68.0 Å². The van der Waals surface area contributed by atoms with Gasteiger partial charge in [0, 0.05) is 15.0 Å². The molecule has 1 aromatic heterocycles. The third-order valence-corrected chi connectivity index (χ3v) is 3.39. The van der Waals surface area contributed by atoms with Crippen LogP contribution in [0.5, 0.6) is 0 Å². The minimum atomic E-state index is -0.842. The summed E-state index contributed by atoms with van der Waals surface area (Å²) < 4.78 is 2.57.